The number of hydrogen-bond acceptors (Lipinski definition) is 4. The Morgan fingerprint density at radius 2 is 2.00 bits per heavy atom. The maximum Gasteiger partial charge on any atom is 0.325 e. The third-order valence-corrected chi connectivity index (χ3v) is 4.45. The minimum Gasteiger partial charge on any atom is -0.335 e. The number of halogens is 1. The number of urea groups is 1. The Labute approximate surface area is 130 Å². The van der Waals surface area contributed by atoms with E-state index in [-0.39, 0.29) is 5.91 Å². The molecule has 1 aromatic carbocycles. The highest BCUT2D eigenvalue weighted by atomic mass is 79.9. The minimum atomic E-state index is -0.467. The number of fused-ring (bicyclic) bond motifs is 1. The Kier molecular flexibility index (Phi) is 3.67. The number of imide groups is 1. The Morgan fingerprint density at radius 1 is 1.29 bits per heavy atom. The molecule has 3 amide bonds. The molecule has 1 aromatic rings. The molecule has 0 bridgehead atoms. The van der Waals surface area contributed by atoms with Gasteiger partial charge < -0.3 is 9.80 Å². The quantitative estimate of drug-likeness (QED) is 0.832. The van der Waals surface area contributed by atoms with Gasteiger partial charge in [-0.25, -0.2) is 9.79 Å². The van der Waals surface area contributed by atoms with Crippen molar-refractivity contribution in [3.63, 3.8) is 0 Å². The molecule has 0 aliphatic carbocycles. The lowest BCUT2D eigenvalue weighted by Gasteiger charge is -2.35. The number of rotatable bonds is 3. The van der Waals surface area contributed by atoms with E-state index in [0.717, 1.165) is 6.42 Å². The van der Waals surface area contributed by atoms with Gasteiger partial charge in [-0.15, -0.1) is 0 Å². The van der Waals surface area contributed by atoms with Crippen molar-refractivity contribution < 1.29 is 9.59 Å². The summed E-state index contributed by atoms with van der Waals surface area (Å²) in [7, 11) is 1.64. The van der Waals surface area contributed by atoms with Gasteiger partial charge in [0, 0.05) is 13.6 Å². The van der Waals surface area contributed by atoms with Crippen LogP contribution in [0.3, 0.4) is 0 Å². The van der Waals surface area contributed by atoms with Crippen molar-refractivity contribution in [3.8, 4) is 0 Å². The second-order valence-electron chi connectivity index (χ2n) is 5.09. The first-order valence-electron chi connectivity index (χ1n) is 6.69. The summed E-state index contributed by atoms with van der Waals surface area (Å²) in [6.45, 7) is 0.657. The first-order valence-corrected chi connectivity index (χ1v) is 7.49. The number of aliphatic imine (C=N–C) groups is 1. The molecule has 2 heterocycles. The summed E-state index contributed by atoms with van der Waals surface area (Å²) in [6.07, 6.45) is 0.344. The molecule has 1 saturated heterocycles. The summed E-state index contributed by atoms with van der Waals surface area (Å²) >= 11 is 3.40. The first-order chi connectivity index (χ1) is 10.1. The average Bonchev–Trinajstić information content (AvgIpc) is 2.81. The van der Waals surface area contributed by atoms with E-state index in [0.29, 0.717) is 11.3 Å². The summed E-state index contributed by atoms with van der Waals surface area (Å²) in [5, 5.41) is 2.36. The van der Waals surface area contributed by atoms with Crippen molar-refractivity contribution in [1.29, 1.82) is 0 Å². The molecule has 21 heavy (non-hydrogen) atoms. The number of likely N-dealkylation sites (N-methyl/N-ethyl adjacent to an activating group) is 1. The van der Waals surface area contributed by atoms with Crippen LogP contribution >= 0.6 is 15.9 Å². The smallest absolute Gasteiger partial charge is 0.325 e. The van der Waals surface area contributed by atoms with Gasteiger partial charge in [-0.05, 0) is 27.9 Å². The molecule has 1 N–H and O–H groups in total. The summed E-state index contributed by atoms with van der Waals surface area (Å²) < 4.78 is 0.616. The van der Waals surface area contributed by atoms with Crippen LogP contribution in [-0.2, 0) is 11.2 Å². The van der Waals surface area contributed by atoms with Crippen LogP contribution in [0.15, 0.2) is 35.3 Å². The third kappa shape index (κ3) is 2.53. The highest BCUT2D eigenvalue weighted by Gasteiger charge is 2.47. The molecule has 0 spiro atoms. The van der Waals surface area contributed by atoms with Gasteiger partial charge in [0.2, 0.25) is 0 Å². The Hall–Kier alpha value is -1.89. The standard InChI is InChI=1S/C14H15BrN4O2/c1-18-11-10(12(20)17-14(18)21)19(13(15)16-11)8-7-9-5-3-2-4-6-9/h2-6,10-11H,7-8H2,1H3,(H,17,20,21). The van der Waals surface area contributed by atoms with E-state index in [2.05, 4.69) is 38.4 Å². The van der Waals surface area contributed by atoms with Gasteiger partial charge in [-0.2, -0.15) is 0 Å². The highest BCUT2D eigenvalue weighted by Crippen LogP contribution is 2.26. The van der Waals surface area contributed by atoms with E-state index in [1.807, 2.05) is 23.1 Å². The number of nitrogens with one attached hydrogen (secondary N) is 1. The molecule has 3 rings (SSSR count). The van der Waals surface area contributed by atoms with Crippen LogP contribution in [-0.4, -0.2) is 52.3 Å². The number of carbonyl (C=O) groups excluding carboxylic acids is 2. The molecule has 2 aliphatic heterocycles. The van der Waals surface area contributed by atoms with Gasteiger partial charge >= 0.3 is 6.03 Å². The van der Waals surface area contributed by atoms with Crippen LogP contribution in [0, 0.1) is 0 Å². The van der Waals surface area contributed by atoms with Gasteiger partial charge in [-0.1, -0.05) is 30.3 Å². The molecule has 2 aliphatic rings. The van der Waals surface area contributed by atoms with Crippen molar-refractivity contribution >= 4 is 32.6 Å². The molecule has 110 valence electrons. The topological polar surface area (TPSA) is 65.0 Å². The Bertz CT molecular complexity index is 604. The van der Waals surface area contributed by atoms with Gasteiger partial charge in [0.25, 0.3) is 5.91 Å². The van der Waals surface area contributed by atoms with Crippen LogP contribution in [0.1, 0.15) is 5.56 Å². The predicted molar refractivity (Wildman–Crippen MR) is 82.1 cm³/mol. The van der Waals surface area contributed by atoms with Gasteiger partial charge in [-0.3, -0.25) is 10.1 Å². The lowest BCUT2D eigenvalue weighted by Crippen LogP contribution is -2.63. The highest BCUT2D eigenvalue weighted by molar-refractivity contribution is 9.18. The molecular formula is C14H15BrN4O2. The van der Waals surface area contributed by atoms with E-state index in [1.54, 1.807) is 7.05 Å². The molecular weight excluding hydrogens is 336 g/mol. The third-order valence-electron chi connectivity index (χ3n) is 3.79. The summed E-state index contributed by atoms with van der Waals surface area (Å²) in [6, 6.07) is 9.18. The number of amidine groups is 1. The molecule has 0 saturated carbocycles. The number of amides is 3. The van der Waals surface area contributed by atoms with E-state index >= 15 is 0 Å². The fourth-order valence-corrected chi connectivity index (χ4v) is 3.23. The zero-order valence-electron chi connectivity index (χ0n) is 11.5. The van der Waals surface area contributed by atoms with Gasteiger partial charge in [0.15, 0.2) is 17.0 Å². The van der Waals surface area contributed by atoms with Crippen LogP contribution in [0.4, 0.5) is 4.79 Å². The van der Waals surface area contributed by atoms with Gasteiger partial charge in [0.05, 0.1) is 0 Å². The number of carbonyl (C=O) groups is 2. The van der Waals surface area contributed by atoms with Crippen LogP contribution in [0.2, 0.25) is 0 Å². The minimum absolute atomic E-state index is 0.297. The van der Waals surface area contributed by atoms with Gasteiger partial charge in [0.1, 0.15) is 0 Å². The number of nitrogens with zero attached hydrogens (tertiary/aromatic N) is 3. The van der Waals surface area contributed by atoms with E-state index in [4.69, 9.17) is 0 Å². The Balaban J connectivity index is 1.75. The maximum absolute atomic E-state index is 12.1. The zero-order chi connectivity index (χ0) is 15.0. The second kappa shape index (κ2) is 5.48. The number of hydrogen-bond donors (Lipinski definition) is 1. The SMILES string of the molecule is CN1C(=O)NC(=O)C2C1N=C(Br)N2CCc1ccccc1. The fourth-order valence-electron chi connectivity index (χ4n) is 2.62. The van der Waals surface area contributed by atoms with Crippen molar-refractivity contribution in [1.82, 2.24) is 15.1 Å². The summed E-state index contributed by atoms with van der Waals surface area (Å²) in [4.78, 5) is 31.5. The van der Waals surface area contributed by atoms with Crippen molar-refractivity contribution in [2.45, 2.75) is 18.6 Å². The second-order valence-corrected chi connectivity index (χ2v) is 5.80. The molecule has 0 radical (unpaired) electrons. The fraction of sp³-hybridized carbons (Fsp3) is 0.357. The summed E-state index contributed by atoms with van der Waals surface area (Å²) in [5.41, 5.74) is 1.20. The molecule has 2 atom stereocenters. The molecule has 0 aromatic heterocycles. The Morgan fingerprint density at radius 3 is 2.71 bits per heavy atom. The summed E-state index contributed by atoms with van der Waals surface area (Å²) in [5.74, 6) is -0.297. The molecule has 7 heteroatoms. The van der Waals surface area contributed by atoms with E-state index in [9.17, 15) is 9.59 Å². The lowest BCUT2D eigenvalue weighted by atomic mass is 10.1. The lowest BCUT2D eigenvalue weighted by molar-refractivity contribution is -0.127. The zero-order valence-corrected chi connectivity index (χ0v) is 13.1. The largest absolute Gasteiger partial charge is 0.335 e. The predicted octanol–water partition coefficient (Wildman–Crippen LogP) is 1.17. The number of benzene rings is 1. The monoisotopic (exact) mass is 350 g/mol. The van der Waals surface area contributed by atoms with E-state index in [1.165, 1.54) is 10.5 Å². The first kappa shape index (κ1) is 14.1. The molecule has 1 fully saturated rings. The van der Waals surface area contributed by atoms with Crippen molar-refractivity contribution in [2.24, 2.45) is 4.99 Å². The van der Waals surface area contributed by atoms with Crippen LogP contribution in [0.5, 0.6) is 0 Å². The molecule has 6 nitrogen and oxygen atoms in total. The van der Waals surface area contributed by atoms with Crippen molar-refractivity contribution in [3.05, 3.63) is 35.9 Å². The van der Waals surface area contributed by atoms with Crippen molar-refractivity contribution in [2.75, 3.05) is 13.6 Å². The maximum atomic E-state index is 12.1. The average molecular weight is 351 g/mol. The van der Waals surface area contributed by atoms with Crippen LogP contribution in [0.25, 0.3) is 0 Å². The normalized spacial score (nSPS) is 24.8. The van der Waals surface area contributed by atoms with Crippen LogP contribution < -0.4 is 5.32 Å². The van der Waals surface area contributed by atoms with E-state index < -0.39 is 18.2 Å². The molecule has 2 unspecified atom stereocenters.